The third-order valence-corrected chi connectivity index (χ3v) is 1.72. The Labute approximate surface area is 86.5 Å². The number of methoxy groups -OCH3 is 1. The predicted molar refractivity (Wildman–Crippen MR) is 58.6 cm³/mol. The molecule has 0 atom stereocenters. The van der Waals surface area contributed by atoms with E-state index < -0.39 is 0 Å². The van der Waals surface area contributed by atoms with Crippen LogP contribution in [0.4, 0.5) is 0 Å². The number of hydrogen-bond donors (Lipinski definition) is 1. The van der Waals surface area contributed by atoms with Gasteiger partial charge in [0.1, 0.15) is 0 Å². The topological polar surface area (TPSA) is 56.8 Å². The molecule has 0 bridgehead atoms. The normalized spacial score (nSPS) is 13.3. The van der Waals surface area contributed by atoms with Crippen LogP contribution < -0.4 is 5.73 Å². The maximum Gasteiger partial charge on any atom is 0.0992 e. The molecular weight excluding hydrogens is 180 g/mol. The van der Waals surface area contributed by atoms with Crippen molar-refractivity contribution < 1.29 is 9.47 Å². The van der Waals surface area contributed by atoms with Crippen molar-refractivity contribution in [2.24, 2.45) is 16.1 Å². The lowest BCUT2D eigenvalue weighted by Crippen LogP contribution is -2.29. The third kappa shape index (κ3) is 6.86. The Bertz CT molecular complexity index is 173. The summed E-state index contributed by atoms with van der Waals surface area (Å²) in [6.45, 7) is 8.57. The summed E-state index contributed by atoms with van der Waals surface area (Å²) in [6.07, 6.45) is 0. The number of aliphatic imine (C=N–C) groups is 1. The van der Waals surface area contributed by atoms with Crippen LogP contribution in [0, 0.1) is 5.41 Å². The minimum atomic E-state index is -0.0491. The van der Waals surface area contributed by atoms with Gasteiger partial charge in [-0.3, -0.25) is 4.99 Å². The van der Waals surface area contributed by atoms with E-state index in [0.29, 0.717) is 32.2 Å². The molecule has 0 aliphatic heterocycles. The van der Waals surface area contributed by atoms with Crippen LogP contribution in [0.2, 0.25) is 0 Å². The van der Waals surface area contributed by atoms with Crippen molar-refractivity contribution in [3.63, 3.8) is 0 Å². The van der Waals surface area contributed by atoms with Crippen molar-refractivity contribution in [1.82, 2.24) is 0 Å². The fourth-order valence-corrected chi connectivity index (χ4v) is 0.712. The molecule has 0 unspecified atom stereocenters. The van der Waals surface area contributed by atoms with E-state index >= 15 is 0 Å². The van der Waals surface area contributed by atoms with Crippen LogP contribution in [0.5, 0.6) is 0 Å². The lowest BCUT2D eigenvalue weighted by atomic mass is 9.95. The molecule has 0 aliphatic carbocycles. The molecule has 0 aromatic carbocycles. The minimum absolute atomic E-state index is 0.0491. The summed E-state index contributed by atoms with van der Waals surface area (Å²) in [7, 11) is 1.65. The first-order valence-corrected chi connectivity index (χ1v) is 4.85. The van der Waals surface area contributed by atoms with Crippen molar-refractivity contribution in [2.45, 2.75) is 20.8 Å². The van der Waals surface area contributed by atoms with Gasteiger partial charge >= 0.3 is 0 Å². The SMILES string of the molecule is COCCOCCN=C(N)C(C)(C)C. The van der Waals surface area contributed by atoms with Crippen LogP contribution in [0.25, 0.3) is 0 Å². The van der Waals surface area contributed by atoms with Gasteiger partial charge in [0.15, 0.2) is 0 Å². The lowest BCUT2D eigenvalue weighted by Gasteiger charge is -2.17. The van der Waals surface area contributed by atoms with Gasteiger partial charge in [-0.15, -0.1) is 0 Å². The summed E-state index contributed by atoms with van der Waals surface area (Å²) in [4.78, 5) is 4.22. The second kappa shape index (κ2) is 6.79. The highest BCUT2D eigenvalue weighted by Gasteiger charge is 2.14. The fraction of sp³-hybridized carbons (Fsp3) is 0.900. The second-order valence-electron chi connectivity index (χ2n) is 4.12. The Balaban J connectivity index is 3.52. The van der Waals surface area contributed by atoms with Gasteiger partial charge in [0.05, 0.1) is 32.2 Å². The molecule has 0 aromatic rings. The maximum atomic E-state index is 5.76. The smallest absolute Gasteiger partial charge is 0.0992 e. The number of nitrogens with two attached hydrogens (primary N) is 1. The van der Waals surface area contributed by atoms with Gasteiger partial charge in [-0.2, -0.15) is 0 Å². The first-order valence-electron chi connectivity index (χ1n) is 4.85. The molecule has 0 aromatic heterocycles. The standard InChI is InChI=1S/C10H22N2O2/c1-10(2,3)9(11)12-5-6-14-8-7-13-4/h5-8H2,1-4H3,(H2,11,12). The van der Waals surface area contributed by atoms with Crippen molar-refractivity contribution in [3.05, 3.63) is 0 Å². The Morgan fingerprint density at radius 1 is 1.21 bits per heavy atom. The molecule has 2 N–H and O–H groups in total. The van der Waals surface area contributed by atoms with Gasteiger partial charge in [0, 0.05) is 12.5 Å². The van der Waals surface area contributed by atoms with Gasteiger partial charge in [-0.25, -0.2) is 0 Å². The van der Waals surface area contributed by atoms with E-state index in [4.69, 9.17) is 15.2 Å². The molecule has 0 saturated carbocycles. The molecule has 0 radical (unpaired) electrons. The van der Waals surface area contributed by atoms with Gasteiger partial charge in [0.25, 0.3) is 0 Å². The molecule has 4 heteroatoms. The van der Waals surface area contributed by atoms with Crippen LogP contribution >= 0.6 is 0 Å². The molecule has 0 aliphatic rings. The van der Waals surface area contributed by atoms with Gasteiger partial charge in [-0.05, 0) is 0 Å². The van der Waals surface area contributed by atoms with E-state index in [-0.39, 0.29) is 5.41 Å². The first kappa shape index (κ1) is 13.4. The number of rotatable bonds is 6. The van der Waals surface area contributed by atoms with Crippen molar-refractivity contribution >= 4 is 5.84 Å². The second-order valence-corrected chi connectivity index (χ2v) is 4.12. The molecule has 14 heavy (non-hydrogen) atoms. The molecule has 0 spiro atoms. The van der Waals surface area contributed by atoms with E-state index in [9.17, 15) is 0 Å². The summed E-state index contributed by atoms with van der Waals surface area (Å²) in [5.41, 5.74) is 5.71. The summed E-state index contributed by atoms with van der Waals surface area (Å²) in [5, 5.41) is 0. The molecule has 0 fully saturated rings. The number of ether oxygens (including phenoxy) is 2. The van der Waals surface area contributed by atoms with Gasteiger partial charge in [-0.1, -0.05) is 20.8 Å². The molecular formula is C10H22N2O2. The molecule has 84 valence electrons. The molecule has 0 heterocycles. The number of hydrogen-bond acceptors (Lipinski definition) is 3. The maximum absolute atomic E-state index is 5.76. The highest BCUT2D eigenvalue weighted by atomic mass is 16.5. The zero-order chi connectivity index (χ0) is 11.0. The first-order chi connectivity index (χ1) is 6.48. The lowest BCUT2D eigenvalue weighted by molar-refractivity contribution is 0.0748. The Hall–Kier alpha value is -0.610. The minimum Gasteiger partial charge on any atom is -0.387 e. The summed E-state index contributed by atoms with van der Waals surface area (Å²) in [5.74, 6) is 0.674. The molecule has 0 amide bonds. The van der Waals surface area contributed by atoms with Crippen LogP contribution in [-0.2, 0) is 9.47 Å². The fourth-order valence-electron chi connectivity index (χ4n) is 0.712. The summed E-state index contributed by atoms with van der Waals surface area (Å²) in [6, 6.07) is 0. The third-order valence-electron chi connectivity index (χ3n) is 1.72. The van der Waals surface area contributed by atoms with Crippen molar-refractivity contribution in [2.75, 3.05) is 33.5 Å². The van der Waals surface area contributed by atoms with Crippen molar-refractivity contribution in [3.8, 4) is 0 Å². The Kier molecular flexibility index (Phi) is 6.49. The zero-order valence-electron chi connectivity index (χ0n) is 9.67. The highest BCUT2D eigenvalue weighted by Crippen LogP contribution is 2.12. The van der Waals surface area contributed by atoms with Gasteiger partial charge < -0.3 is 15.2 Å². The quantitative estimate of drug-likeness (QED) is 0.398. The summed E-state index contributed by atoms with van der Waals surface area (Å²) < 4.78 is 10.1. The highest BCUT2D eigenvalue weighted by molar-refractivity contribution is 5.85. The Morgan fingerprint density at radius 3 is 2.36 bits per heavy atom. The van der Waals surface area contributed by atoms with Crippen LogP contribution in [0.1, 0.15) is 20.8 Å². The average molecular weight is 202 g/mol. The van der Waals surface area contributed by atoms with E-state index in [1.807, 2.05) is 20.8 Å². The average Bonchev–Trinajstić information content (AvgIpc) is 2.09. The monoisotopic (exact) mass is 202 g/mol. The van der Waals surface area contributed by atoms with Crippen LogP contribution in [0.3, 0.4) is 0 Å². The Morgan fingerprint density at radius 2 is 1.86 bits per heavy atom. The van der Waals surface area contributed by atoms with E-state index in [2.05, 4.69) is 4.99 Å². The molecule has 0 saturated heterocycles. The van der Waals surface area contributed by atoms with E-state index in [1.54, 1.807) is 7.11 Å². The van der Waals surface area contributed by atoms with Gasteiger partial charge in [0.2, 0.25) is 0 Å². The van der Waals surface area contributed by atoms with E-state index in [1.165, 1.54) is 0 Å². The number of nitrogens with zero attached hydrogens (tertiary/aromatic N) is 1. The van der Waals surface area contributed by atoms with Crippen LogP contribution in [-0.4, -0.2) is 39.3 Å². The largest absolute Gasteiger partial charge is 0.387 e. The van der Waals surface area contributed by atoms with E-state index in [0.717, 1.165) is 0 Å². The summed E-state index contributed by atoms with van der Waals surface area (Å²) >= 11 is 0. The predicted octanol–water partition coefficient (Wildman–Crippen LogP) is 1.05. The van der Waals surface area contributed by atoms with Crippen LogP contribution in [0.15, 0.2) is 4.99 Å². The molecule has 0 rings (SSSR count). The molecule has 4 nitrogen and oxygen atoms in total. The zero-order valence-corrected chi connectivity index (χ0v) is 9.67. The van der Waals surface area contributed by atoms with Crippen molar-refractivity contribution in [1.29, 1.82) is 0 Å². The number of amidine groups is 1.